The Balaban J connectivity index is 1.80. The number of ether oxygens (including phenoxy) is 1. The van der Waals surface area contributed by atoms with Crippen molar-refractivity contribution in [1.82, 2.24) is 10.4 Å². The fraction of sp³-hybridized carbons (Fsp3) is 0.105. The number of methoxy groups -OCH3 is 1. The molecule has 0 radical (unpaired) electrons. The third kappa shape index (κ3) is 3.41. The second-order valence-corrected chi connectivity index (χ2v) is 5.30. The molecule has 0 atom stereocenters. The van der Waals surface area contributed by atoms with Crippen LogP contribution < -0.4 is 10.2 Å². The molecule has 0 saturated carbocycles. The Morgan fingerprint density at radius 3 is 2.46 bits per heavy atom. The molecule has 2 aromatic carbocycles. The van der Waals surface area contributed by atoms with Crippen molar-refractivity contribution in [3.63, 3.8) is 0 Å². The van der Waals surface area contributed by atoms with Gasteiger partial charge in [-0.3, -0.25) is 9.78 Å². The Morgan fingerprint density at radius 2 is 1.71 bits per heavy atom. The second kappa shape index (κ2) is 6.91. The summed E-state index contributed by atoms with van der Waals surface area (Å²) in [7, 11) is 1.65. The van der Waals surface area contributed by atoms with Crippen molar-refractivity contribution in [2.24, 2.45) is 5.10 Å². The smallest absolute Gasteiger partial charge is 0.271 e. The van der Waals surface area contributed by atoms with Crippen molar-refractivity contribution in [3.05, 3.63) is 72.1 Å². The molecular weight excluding hydrogens is 302 g/mol. The molecule has 1 aromatic heterocycles. The Kier molecular flexibility index (Phi) is 4.52. The summed E-state index contributed by atoms with van der Waals surface area (Å²) in [6.45, 7) is 1.86. The number of benzene rings is 2. The number of nitrogens with zero attached hydrogens (tertiary/aromatic N) is 2. The van der Waals surface area contributed by atoms with E-state index in [-0.39, 0.29) is 5.91 Å². The average molecular weight is 319 g/mol. The van der Waals surface area contributed by atoms with Gasteiger partial charge in [-0.05, 0) is 53.6 Å². The van der Waals surface area contributed by atoms with Crippen LogP contribution >= 0.6 is 0 Å². The zero-order valence-corrected chi connectivity index (χ0v) is 13.5. The minimum Gasteiger partial charge on any atom is -0.497 e. The minimum absolute atomic E-state index is 0.262. The fourth-order valence-corrected chi connectivity index (χ4v) is 2.34. The fourth-order valence-electron chi connectivity index (χ4n) is 2.34. The predicted octanol–water partition coefficient (Wildman–Crippen LogP) is 3.40. The highest BCUT2D eigenvalue weighted by Crippen LogP contribution is 2.22. The van der Waals surface area contributed by atoms with Crippen LogP contribution in [0.1, 0.15) is 22.8 Å². The minimum atomic E-state index is -0.262. The van der Waals surface area contributed by atoms with Gasteiger partial charge in [-0.25, -0.2) is 5.43 Å². The highest BCUT2D eigenvalue weighted by Gasteiger charge is 2.05. The molecule has 0 fully saturated rings. The van der Waals surface area contributed by atoms with E-state index in [1.807, 2.05) is 43.3 Å². The van der Waals surface area contributed by atoms with Gasteiger partial charge in [-0.15, -0.1) is 0 Å². The van der Waals surface area contributed by atoms with E-state index in [0.717, 1.165) is 27.8 Å². The number of hydrazone groups is 1. The van der Waals surface area contributed by atoms with E-state index in [4.69, 9.17) is 4.74 Å². The van der Waals surface area contributed by atoms with Gasteiger partial charge in [0.25, 0.3) is 5.91 Å². The molecule has 0 spiro atoms. The summed E-state index contributed by atoms with van der Waals surface area (Å²) >= 11 is 0. The van der Waals surface area contributed by atoms with Crippen molar-refractivity contribution in [1.29, 1.82) is 0 Å². The number of hydrogen-bond acceptors (Lipinski definition) is 4. The Morgan fingerprint density at radius 1 is 1.00 bits per heavy atom. The highest BCUT2D eigenvalue weighted by atomic mass is 16.5. The maximum atomic E-state index is 12.0. The zero-order valence-electron chi connectivity index (χ0n) is 13.5. The molecular formula is C19H17N3O2. The van der Waals surface area contributed by atoms with Crippen LogP contribution in [0.2, 0.25) is 0 Å². The molecule has 3 aromatic rings. The summed E-state index contributed by atoms with van der Waals surface area (Å²) < 4.78 is 5.23. The highest BCUT2D eigenvalue weighted by molar-refractivity contribution is 6.03. The summed E-state index contributed by atoms with van der Waals surface area (Å²) in [5.74, 6) is 0.563. The largest absolute Gasteiger partial charge is 0.497 e. The third-order valence-corrected chi connectivity index (χ3v) is 3.73. The lowest BCUT2D eigenvalue weighted by Crippen LogP contribution is -2.19. The first-order chi connectivity index (χ1) is 11.7. The topological polar surface area (TPSA) is 63.6 Å². The molecule has 24 heavy (non-hydrogen) atoms. The summed E-state index contributed by atoms with van der Waals surface area (Å²) in [5.41, 5.74) is 4.76. The van der Waals surface area contributed by atoms with Crippen LogP contribution in [0.3, 0.4) is 0 Å². The van der Waals surface area contributed by atoms with Crippen molar-refractivity contribution in [2.45, 2.75) is 6.92 Å². The van der Waals surface area contributed by atoms with Crippen LogP contribution in [-0.4, -0.2) is 23.7 Å². The number of carbonyl (C=O) groups excluding carboxylic acids is 1. The van der Waals surface area contributed by atoms with E-state index in [1.165, 1.54) is 0 Å². The number of rotatable bonds is 4. The Labute approximate surface area is 140 Å². The van der Waals surface area contributed by atoms with Gasteiger partial charge >= 0.3 is 0 Å². The maximum Gasteiger partial charge on any atom is 0.271 e. The first-order valence-electron chi connectivity index (χ1n) is 7.50. The van der Waals surface area contributed by atoms with Crippen LogP contribution in [0.5, 0.6) is 5.75 Å². The van der Waals surface area contributed by atoms with Crippen molar-refractivity contribution < 1.29 is 9.53 Å². The van der Waals surface area contributed by atoms with E-state index in [0.29, 0.717) is 5.56 Å². The lowest BCUT2D eigenvalue weighted by atomic mass is 10.0. The van der Waals surface area contributed by atoms with Crippen molar-refractivity contribution in [3.8, 4) is 5.75 Å². The van der Waals surface area contributed by atoms with Crippen molar-refractivity contribution in [2.75, 3.05) is 7.11 Å². The standard InChI is InChI=1S/C19H17N3O2/c1-13(21-22-19(23)14-7-9-20-10-8-14)15-3-4-17-12-18(24-2)6-5-16(17)11-15/h3-12H,1-2H3,(H,22,23)/b21-13+. The summed E-state index contributed by atoms with van der Waals surface area (Å²) in [5, 5.41) is 6.36. The molecule has 3 rings (SSSR count). The lowest BCUT2D eigenvalue weighted by molar-refractivity contribution is 0.0954. The normalized spacial score (nSPS) is 11.3. The quantitative estimate of drug-likeness (QED) is 0.592. The zero-order chi connectivity index (χ0) is 16.9. The number of fused-ring (bicyclic) bond motifs is 1. The molecule has 0 bridgehead atoms. The molecule has 5 heteroatoms. The van der Waals surface area contributed by atoms with Gasteiger partial charge in [0, 0.05) is 18.0 Å². The number of carbonyl (C=O) groups is 1. The molecule has 0 aliphatic rings. The van der Waals surface area contributed by atoms with Crippen molar-refractivity contribution >= 4 is 22.4 Å². The van der Waals surface area contributed by atoms with Crippen LogP contribution in [0, 0.1) is 0 Å². The van der Waals surface area contributed by atoms with Crippen LogP contribution in [-0.2, 0) is 0 Å². The molecule has 1 amide bonds. The van der Waals surface area contributed by atoms with Gasteiger partial charge in [0.05, 0.1) is 12.8 Å². The van der Waals surface area contributed by atoms with Crippen LogP contribution in [0.15, 0.2) is 66.0 Å². The van der Waals surface area contributed by atoms with E-state index >= 15 is 0 Å². The Bertz CT molecular complexity index is 905. The Hall–Kier alpha value is -3.21. The van der Waals surface area contributed by atoms with Gasteiger partial charge in [-0.2, -0.15) is 5.10 Å². The van der Waals surface area contributed by atoms with E-state index in [9.17, 15) is 4.79 Å². The number of aromatic nitrogens is 1. The second-order valence-electron chi connectivity index (χ2n) is 5.30. The van der Waals surface area contributed by atoms with Crippen LogP contribution in [0.25, 0.3) is 10.8 Å². The van der Waals surface area contributed by atoms with Gasteiger partial charge in [-0.1, -0.05) is 18.2 Å². The monoisotopic (exact) mass is 319 g/mol. The lowest BCUT2D eigenvalue weighted by Gasteiger charge is -2.06. The van der Waals surface area contributed by atoms with E-state index in [1.54, 1.807) is 31.6 Å². The van der Waals surface area contributed by atoms with E-state index in [2.05, 4.69) is 15.5 Å². The number of pyridine rings is 1. The molecule has 0 unspecified atom stereocenters. The summed E-state index contributed by atoms with van der Waals surface area (Å²) in [6.07, 6.45) is 3.15. The first-order valence-corrected chi connectivity index (χ1v) is 7.50. The SMILES string of the molecule is COc1ccc2cc(/C(C)=N/NC(=O)c3ccncc3)ccc2c1. The number of nitrogens with one attached hydrogen (secondary N) is 1. The van der Waals surface area contributed by atoms with Gasteiger partial charge in [0.1, 0.15) is 5.75 Å². The van der Waals surface area contributed by atoms with Gasteiger partial charge in [0.15, 0.2) is 0 Å². The molecule has 5 nitrogen and oxygen atoms in total. The molecule has 0 aliphatic heterocycles. The predicted molar refractivity (Wildman–Crippen MR) is 94.4 cm³/mol. The number of hydrogen-bond donors (Lipinski definition) is 1. The van der Waals surface area contributed by atoms with Gasteiger partial charge in [0.2, 0.25) is 0 Å². The third-order valence-electron chi connectivity index (χ3n) is 3.73. The summed E-state index contributed by atoms with van der Waals surface area (Å²) in [4.78, 5) is 15.9. The first kappa shape index (κ1) is 15.7. The van der Waals surface area contributed by atoms with Crippen LogP contribution in [0.4, 0.5) is 0 Å². The molecule has 0 aliphatic carbocycles. The molecule has 0 saturated heterocycles. The summed E-state index contributed by atoms with van der Waals surface area (Å²) in [6, 6.07) is 15.2. The average Bonchev–Trinajstić information content (AvgIpc) is 2.65. The van der Waals surface area contributed by atoms with Gasteiger partial charge < -0.3 is 4.74 Å². The number of amides is 1. The van der Waals surface area contributed by atoms with E-state index < -0.39 is 0 Å². The molecule has 1 heterocycles. The maximum absolute atomic E-state index is 12.0. The molecule has 1 N–H and O–H groups in total. The molecule has 120 valence electrons.